The number of thioether (sulfide) groups is 1. The Kier molecular flexibility index (Phi) is 19.8. The lowest BCUT2D eigenvalue weighted by Gasteiger charge is -2.21. The van der Waals surface area contributed by atoms with E-state index in [2.05, 4.69) is 11.8 Å². The number of phosphoric ester groups is 1. The van der Waals surface area contributed by atoms with Crippen molar-refractivity contribution >= 4 is 25.6 Å². The molecule has 0 aromatic rings. The van der Waals surface area contributed by atoms with Crippen LogP contribution in [-0.4, -0.2) is 60.7 Å². The lowest BCUT2D eigenvalue weighted by atomic mass is 10.0. The Balaban J connectivity index is 2.13. The number of esters is 1. The number of ether oxygens (including phenoxy) is 2. The van der Waals surface area contributed by atoms with Crippen molar-refractivity contribution in [1.82, 2.24) is 4.90 Å². The zero-order chi connectivity index (χ0) is 28.2. The van der Waals surface area contributed by atoms with E-state index in [0.717, 1.165) is 29.3 Å². The molecule has 1 rings (SSSR count). The topological polar surface area (TPSA) is 94.5 Å². The van der Waals surface area contributed by atoms with Gasteiger partial charge in [0.2, 0.25) is 0 Å². The lowest BCUT2D eigenvalue weighted by molar-refractivity contribution is -0.151. The van der Waals surface area contributed by atoms with E-state index in [9.17, 15) is 14.3 Å². The summed E-state index contributed by atoms with van der Waals surface area (Å²) in [5.41, 5.74) is 1.01. The molecule has 0 aromatic carbocycles. The monoisotopic (exact) mass is 579 g/mol. The molecule has 0 amide bonds. The predicted molar refractivity (Wildman–Crippen MR) is 156 cm³/mol. The van der Waals surface area contributed by atoms with E-state index < -0.39 is 26.0 Å². The number of rotatable bonds is 24. The molecule has 224 valence electrons. The highest BCUT2D eigenvalue weighted by Gasteiger charge is 2.31. The summed E-state index contributed by atoms with van der Waals surface area (Å²) in [5.74, 6) is 0.281. The highest BCUT2D eigenvalue weighted by molar-refractivity contribution is 8.03. The van der Waals surface area contributed by atoms with Gasteiger partial charge in [0, 0.05) is 31.2 Å². The first-order valence-electron chi connectivity index (χ1n) is 14.6. The van der Waals surface area contributed by atoms with E-state index in [1.165, 1.54) is 84.0 Å². The van der Waals surface area contributed by atoms with Gasteiger partial charge in [-0.15, -0.1) is 11.8 Å². The van der Waals surface area contributed by atoms with Gasteiger partial charge in [0.1, 0.15) is 6.10 Å². The number of hydrogen-bond donors (Lipinski definition) is 1. The summed E-state index contributed by atoms with van der Waals surface area (Å²) in [6, 6.07) is 0. The second-order valence-electron chi connectivity index (χ2n) is 10.3. The quantitative estimate of drug-likeness (QED) is 0.0698. The fourth-order valence-corrected chi connectivity index (χ4v) is 6.55. The van der Waals surface area contributed by atoms with Gasteiger partial charge in [-0.25, -0.2) is 4.57 Å². The van der Waals surface area contributed by atoms with E-state index in [1.54, 1.807) is 18.7 Å². The van der Waals surface area contributed by atoms with Crippen molar-refractivity contribution in [3.05, 3.63) is 10.6 Å². The molecular weight excluding hydrogens is 525 g/mol. The highest BCUT2D eigenvalue weighted by atomic mass is 32.2. The molecule has 0 saturated carbocycles. The maximum absolute atomic E-state index is 12.5. The number of hydrogen-bond acceptors (Lipinski definition) is 8. The van der Waals surface area contributed by atoms with E-state index in [-0.39, 0.29) is 13.2 Å². The van der Waals surface area contributed by atoms with Crippen LogP contribution in [0, 0.1) is 0 Å². The van der Waals surface area contributed by atoms with Crippen molar-refractivity contribution in [3.63, 3.8) is 0 Å². The Labute approximate surface area is 236 Å². The molecule has 0 saturated heterocycles. The van der Waals surface area contributed by atoms with Crippen molar-refractivity contribution in [2.24, 2.45) is 0 Å². The van der Waals surface area contributed by atoms with Gasteiger partial charge >= 0.3 is 13.8 Å². The van der Waals surface area contributed by atoms with Gasteiger partial charge in [0.05, 0.1) is 25.2 Å². The standard InChI is InChI=1S/C28H54NO7PS/c1-6-7-8-9-10-11-12-13-14-15-16-17-18-19-20-33-21-27(35-26(4)30)22-34-37(31,32)36-25(3)28-24(2)29(5)23-38-28/h25,27H,6-23H2,1-5H3,(H,31,32). The summed E-state index contributed by atoms with van der Waals surface area (Å²) in [5, 5.41) is 0. The molecular formula is C28H54NO7PS. The number of carbonyl (C=O) groups is 1. The number of unbranched alkanes of at least 4 members (excludes halogenated alkanes) is 13. The summed E-state index contributed by atoms with van der Waals surface area (Å²) >= 11 is 1.57. The number of phosphoric acid groups is 1. The Hall–Kier alpha value is -0.570. The fraction of sp³-hybridized carbons (Fsp3) is 0.893. The second kappa shape index (κ2) is 21.2. The van der Waals surface area contributed by atoms with Crippen molar-refractivity contribution in [2.45, 2.75) is 130 Å². The molecule has 0 aliphatic carbocycles. The van der Waals surface area contributed by atoms with E-state index in [1.807, 2.05) is 14.0 Å². The van der Waals surface area contributed by atoms with Crippen LogP contribution in [0.1, 0.15) is 118 Å². The highest BCUT2D eigenvalue weighted by Crippen LogP contribution is 2.48. The van der Waals surface area contributed by atoms with Crippen LogP contribution in [0.5, 0.6) is 0 Å². The normalized spacial score (nSPS) is 17.1. The van der Waals surface area contributed by atoms with Crippen LogP contribution >= 0.6 is 19.6 Å². The van der Waals surface area contributed by atoms with E-state index in [0.29, 0.717) is 6.61 Å². The zero-order valence-corrected chi connectivity index (χ0v) is 26.3. The Morgan fingerprint density at radius 2 is 1.50 bits per heavy atom. The van der Waals surface area contributed by atoms with Crippen molar-refractivity contribution in [1.29, 1.82) is 0 Å². The summed E-state index contributed by atoms with van der Waals surface area (Å²) in [7, 11) is -2.38. The molecule has 1 aliphatic rings. The van der Waals surface area contributed by atoms with Crippen molar-refractivity contribution < 1.29 is 32.8 Å². The van der Waals surface area contributed by atoms with Gasteiger partial charge < -0.3 is 19.3 Å². The Morgan fingerprint density at radius 1 is 0.974 bits per heavy atom. The average molecular weight is 580 g/mol. The third-order valence-corrected chi connectivity index (χ3v) is 9.22. The lowest BCUT2D eigenvalue weighted by Crippen LogP contribution is -2.28. The van der Waals surface area contributed by atoms with Crippen molar-refractivity contribution in [2.75, 3.05) is 32.7 Å². The summed E-state index contributed by atoms with van der Waals surface area (Å²) in [4.78, 5) is 24.6. The first-order chi connectivity index (χ1) is 18.2. The van der Waals surface area contributed by atoms with Gasteiger partial charge in [0.25, 0.3) is 0 Å². The van der Waals surface area contributed by atoms with Gasteiger partial charge in [-0.2, -0.15) is 0 Å². The predicted octanol–water partition coefficient (Wildman–Crippen LogP) is 7.81. The number of allylic oxidation sites excluding steroid dienone is 1. The van der Waals surface area contributed by atoms with Crippen LogP contribution < -0.4 is 0 Å². The Bertz CT molecular complexity index is 721. The smallest absolute Gasteiger partial charge is 0.458 e. The zero-order valence-electron chi connectivity index (χ0n) is 24.6. The molecule has 0 aromatic heterocycles. The van der Waals surface area contributed by atoms with Gasteiger partial charge in [0.15, 0.2) is 0 Å². The first kappa shape index (κ1) is 35.5. The maximum atomic E-state index is 12.5. The first-order valence-corrected chi connectivity index (χ1v) is 17.1. The third-order valence-electron chi connectivity index (χ3n) is 6.71. The van der Waals surface area contributed by atoms with E-state index in [4.69, 9.17) is 18.5 Å². The molecule has 3 atom stereocenters. The number of nitrogens with zero attached hydrogens (tertiary/aromatic N) is 1. The molecule has 1 N–H and O–H groups in total. The fourth-order valence-electron chi connectivity index (χ4n) is 4.39. The molecule has 0 fully saturated rings. The average Bonchev–Trinajstić information content (AvgIpc) is 3.19. The largest absolute Gasteiger partial charge is 0.472 e. The molecule has 0 bridgehead atoms. The minimum absolute atomic E-state index is 0.110. The third kappa shape index (κ3) is 17.2. The molecule has 3 unspecified atom stereocenters. The second-order valence-corrected chi connectivity index (χ2v) is 12.7. The molecule has 38 heavy (non-hydrogen) atoms. The molecule has 8 nitrogen and oxygen atoms in total. The van der Waals surface area contributed by atoms with Crippen LogP contribution in [0.4, 0.5) is 0 Å². The number of carbonyl (C=O) groups excluding carboxylic acids is 1. The maximum Gasteiger partial charge on any atom is 0.472 e. The SMILES string of the molecule is CCCCCCCCCCCCCCCCOCC(COP(=O)(O)OC(C)C1=C(C)N(C)CS1)OC(C)=O. The minimum atomic E-state index is -4.33. The molecule has 0 radical (unpaired) electrons. The van der Waals surface area contributed by atoms with Gasteiger partial charge in [-0.05, 0) is 20.3 Å². The van der Waals surface area contributed by atoms with Crippen LogP contribution in [0.3, 0.4) is 0 Å². The Morgan fingerprint density at radius 3 is 1.97 bits per heavy atom. The molecule has 1 aliphatic heterocycles. The van der Waals surface area contributed by atoms with Crippen LogP contribution in [-0.2, 0) is 27.9 Å². The van der Waals surface area contributed by atoms with Gasteiger partial charge in [-0.1, -0.05) is 90.4 Å². The van der Waals surface area contributed by atoms with Crippen LogP contribution in [0.15, 0.2) is 10.6 Å². The molecule has 10 heteroatoms. The summed E-state index contributed by atoms with van der Waals surface area (Å²) in [6.45, 7) is 7.61. The van der Waals surface area contributed by atoms with E-state index >= 15 is 0 Å². The van der Waals surface area contributed by atoms with Crippen LogP contribution in [0.2, 0.25) is 0 Å². The van der Waals surface area contributed by atoms with Crippen molar-refractivity contribution in [3.8, 4) is 0 Å². The molecule has 0 spiro atoms. The summed E-state index contributed by atoms with van der Waals surface area (Å²) < 4.78 is 33.8. The minimum Gasteiger partial charge on any atom is -0.458 e. The summed E-state index contributed by atoms with van der Waals surface area (Å²) in [6.07, 6.45) is 16.8. The molecule has 1 heterocycles. The van der Waals surface area contributed by atoms with Crippen LogP contribution in [0.25, 0.3) is 0 Å². The van der Waals surface area contributed by atoms with Gasteiger partial charge in [-0.3, -0.25) is 13.8 Å².